The van der Waals surface area contributed by atoms with Crippen LogP contribution in [-0.4, -0.2) is 73.4 Å². The van der Waals surface area contributed by atoms with Gasteiger partial charge in [0.15, 0.2) is 0 Å². The van der Waals surface area contributed by atoms with Gasteiger partial charge in [0.2, 0.25) is 0 Å². The standard InChI is InChI=1S/C23H42O8/c1-9-17-12(3)19(26)13(4)20(27)16(7)23(30,10-24)22(8,29)15(6)11(2)18(25)14(5)21(28)31-17/h11-19,24-26,29-30H,9-10H2,1-8H3/t11-,12+,13-,14-,15-,16+,17-,18+,19+,22+,23?/m1/s1. The summed E-state index contributed by atoms with van der Waals surface area (Å²) >= 11 is 0. The van der Waals surface area contributed by atoms with Crippen molar-refractivity contribution in [2.75, 3.05) is 6.61 Å². The van der Waals surface area contributed by atoms with E-state index in [1.54, 1.807) is 27.7 Å². The number of rotatable bonds is 2. The molecule has 0 radical (unpaired) electrons. The van der Waals surface area contributed by atoms with Gasteiger partial charge in [-0.05, 0) is 32.1 Å². The first-order valence-corrected chi connectivity index (χ1v) is 11.3. The van der Waals surface area contributed by atoms with Crippen molar-refractivity contribution in [3.8, 4) is 0 Å². The van der Waals surface area contributed by atoms with E-state index in [2.05, 4.69) is 0 Å². The minimum atomic E-state index is -2.23. The zero-order valence-corrected chi connectivity index (χ0v) is 20.1. The predicted molar refractivity (Wildman–Crippen MR) is 115 cm³/mol. The molecule has 0 aromatic carbocycles. The molecule has 31 heavy (non-hydrogen) atoms. The van der Waals surface area contributed by atoms with Crippen LogP contribution in [0.25, 0.3) is 0 Å². The third-order valence-electron chi connectivity index (χ3n) is 8.11. The minimum Gasteiger partial charge on any atom is -0.462 e. The van der Waals surface area contributed by atoms with Gasteiger partial charge in [0.05, 0.1) is 30.3 Å². The van der Waals surface area contributed by atoms with Crippen LogP contribution in [0.3, 0.4) is 0 Å². The van der Waals surface area contributed by atoms with Crippen molar-refractivity contribution in [1.82, 2.24) is 0 Å². The maximum atomic E-state index is 13.2. The lowest BCUT2D eigenvalue weighted by atomic mass is 9.63. The molecule has 1 aliphatic rings. The van der Waals surface area contributed by atoms with Crippen LogP contribution in [0.4, 0.5) is 0 Å². The molecule has 1 fully saturated rings. The molecule has 182 valence electrons. The number of hydrogen-bond acceptors (Lipinski definition) is 8. The summed E-state index contributed by atoms with van der Waals surface area (Å²) in [5, 5.41) is 54.4. The van der Waals surface area contributed by atoms with Crippen molar-refractivity contribution < 1.29 is 39.9 Å². The normalized spacial score (nSPS) is 48.7. The highest BCUT2D eigenvalue weighted by Gasteiger charge is 2.57. The number of carbonyl (C=O) groups is 2. The molecule has 1 saturated heterocycles. The number of Topliss-reactive ketones (excluding diaryl/α,β-unsaturated/α-hetero) is 1. The van der Waals surface area contributed by atoms with Gasteiger partial charge in [0, 0.05) is 17.8 Å². The zero-order chi connectivity index (χ0) is 24.5. The summed E-state index contributed by atoms with van der Waals surface area (Å²) in [6.45, 7) is 11.6. The molecule has 5 N–H and O–H groups in total. The van der Waals surface area contributed by atoms with Gasteiger partial charge in [0.1, 0.15) is 17.5 Å². The molecule has 0 aromatic rings. The van der Waals surface area contributed by atoms with Crippen LogP contribution in [0.2, 0.25) is 0 Å². The Bertz CT molecular complexity index is 635. The molecule has 0 saturated carbocycles. The summed E-state index contributed by atoms with van der Waals surface area (Å²) in [4.78, 5) is 25.9. The molecule has 1 unspecified atom stereocenters. The first-order valence-electron chi connectivity index (χ1n) is 11.3. The number of cyclic esters (lactones) is 1. The number of aliphatic hydroxyl groups excluding tert-OH is 3. The maximum Gasteiger partial charge on any atom is 0.311 e. The van der Waals surface area contributed by atoms with E-state index in [1.807, 2.05) is 0 Å². The van der Waals surface area contributed by atoms with Gasteiger partial charge in [-0.25, -0.2) is 0 Å². The summed E-state index contributed by atoms with van der Waals surface area (Å²) in [5.41, 5.74) is -4.22. The Hall–Kier alpha value is -1.06. The molecule has 1 heterocycles. The van der Waals surface area contributed by atoms with Crippen LogP contribution in [-0.2, 0) is 14.3 Å². The fourth-order valence-corrected chi connectivity index (χ4v) is 4.82. The van der Waals surface area contributed by atoms with Crippen molar-refractivity contribution in [3.63, 3.8) is 0 Å². The average Bonchev–Trinajstić information content (AvgIpc) is 2.76. The third-order valence-corrected chi connectivity index (χ3v) is 8.11. The van der Waals surface area contributed by atoms with E-state index in [4.69, 9.17) is 4.74 Å². The molecule has 11 atom stereocenters. The van der Waals surface area contributed by atoms with Crippen LogP contribution in [0, 0.1) is 35.5 Å². The lowest BCUT2D eigenvalue weighted by Gasteiger charge is -2.50. The predicted octanol–water partition coefficient (Wildman–Crippen LogP) is 0.904. The van der Waals surface area contributed by atoms with Crippen molar-refractivity contribution in [1.29, 1.82) is 0 Å². The highest BCUT2D eigenvalue weighted by molar-refractivity contribution is 5.84. The lowest BCUT2D eigenvalue weighted by Crippen LogP contribution is -2.66. The van der Waals surface area contributed by atoms with Gasteiger partial charge >= 0.3 is 5.97 Å². The molecular weight excluding hydrogens is 404 g/mol. The zero-order valence-electron chi connectivity index (χ0n) is 20.1. The van der Waals surface area contributed by atoms with Crippen molar-refractivity contribution in [2.45, 2.75) is 91.3 Å². The van der Waals surface area contributed by atoms with Gasteiger partial charge in [-0.15, -0.1) is 0 Å². The quantitative estimate of drug-likeness (QED) is 0.394. The highest BCUT2D eigenvalue weighted by Crippen LogP contribution is 2.42. The first-order chi connectivity index (χ1) is 14.1. The monoisotopic (exact) mass is 446 g/mol. The number of ketones is 1. The van der Waals surface area contributed by atoms with Gasteiger partial charge < -0.3 is 30.3 Å². The molecule has 0 aliphatic carbocycles. The Labute approximate surface area is 185 Å². The van der Waals surface area contributed by atoms with Gasteiger partial charge in [-0.2, -0.15) is 0 Å². The Balaban J connectivity index is 3.60. The Morgan fingerprint density at radius 2 is 1.39 bits per heavy atom. The van der Waals surface area contributed by atoms with Crippen LogP contribution < -0.4 is 0 Å². The minimum absolute atomic E-state index is 0.407. The van der Waals surface area contributed by atoms with E-state index in [9.17, 15) is 35.1 Å². The second-order valence-corrected chi connectivity index (χ2v) is 9.80. The number of esters is 1. The van der Waals surface area contributed by atoms with Crippen LogP contribution in [0.5, 0.6) is 0 Å². The Morgan fingerprint density at radius 3 is 1.84 bits per heavy atom. The van der Waals surface area contributed by atoms with Crippen LogP contribution >= 0.6 is 0 Å². The number of ether oxygens (including phenoxy) is 1. The van der Waals surface area contributed by atoms with Gasteiger partial charge in [-0.1, -0.05) is 41.5 Å². The van der Waals surface area contributed by atoms with Crippen molar-refractivity contribution in [3.05, 3.63) is 0 Å². The van der Waals surface area contributed by atoms with Gasteiger partial charge in [0.25, 0.3) is 0 Å². The third kappa shape index (κ3) is 4.98. The average molecular weight is 447 g/mol. The molecule has 8 heteroatoms. The second kappa shape index (κ2) is 10.3. The molecule has 8 nitrogen and oxygen atoms in total. The first kappa shape index (κ1) is 28.0. The van der Waals surface area contributed by atoms with E-state index in [0.717, 1.165) is 0 Å². The van der Waals surface area contributed by atoms with E-state index in [-0.39, 0.29) is 0 Å². The summed E-state index contributed by atoms with van der Waals surface area (Å²) in [7, 11) is 0. The fraction of sp³-hybridized carbons (Fsp3) is 0.913. The summed E-state index contributed by atoms with van der Waals surface area (Å²) < 4.78 is 5.60. The number of aliphatic hydroxyl groups is 5. The van der Waals surface area contributed by atoms with Crippen LogP contribution in [0.1, 0.15) is 61.8 Å². The summed E-state index contributed by atoms with van der Waals surface area (Å²) in [6, 6.07) is 0. The molecule has 0 amide bonds. The molecule has 1 rings (SSSR count). The smallest absolute Gasteiger partial charge is 0.311 e. The van der Waals surface area contributed by atoms with E-state index in [1.165, 1.54) is 27.7 Å². The fourth-order valence-electron chi connectivity index (χ4n) is 4.82. The summed E-state index contributed by atoms with van der Waals surface area (Å²) in [6.07, 6.45) is -2.65. The molecule has 0 aromatic heterocycles. The summed E-state index contributed by atoms with van der Waals surface area (Å²) in [5.74, 6) is -6.32. The maximum absolute atomic E-state index is 13.2. The topological polar surface area (TPSA) is 145 Å². The Morgan fingerprint density at radius 1 is 0.903 bits per heavy atom. The molecule has 0 bridgehead atoms. The number of carbonyl (C=O) groups excluding carboxylic acids is 2. The van der Waals surface area contributed by atoms with E-state index >= 15 is 0 Å². The highest BCUT2D eigenvalue weighted by atomic mass is 16.5. The lowest BCUT2D eigenvalue weighted by molar-refractivity contribution is -0.223. The largest absolute Gasteiger partial charge is 0.462 e. The molecular formula is C23H42O8. The van der Waals surface area contributed by atoms with Crippen molar-refractivity contribution >= 4 is 11.8 Å². The SMILES string of the molecule is CC[C@H]1OC(=O)[C@H](C)[C@@H](O)[C@H](C)[C@@H](C)[C@](C)(O)C(O)(CO)[C@@H](C)C(=O)[C@H](C)[C@@H](O)[C@H]1C. The van der Waals surface area contributed by atoms with Crippen molar-refractivity contribution in [2.24, 2.45) is 35.5 Å². The second-order valence-electron chi connectivity index (χ2n) is 9.80. The van der Waals surface area contributed by atoms with E-state index < -0.39 is 83.4 Å². The van der Waals surface area contributed by atoms with Crippen LogP contribution in [0.15, 0.2) is 0 Å². The molecule has 0 spiro atoms. The molecule has 1 aliphatic heterocycles. The van der Waals surface area contributed by atoms with E-state index in [0.29, 0.717) is 6.42 Å². The van der Waals surface area contributed by atoms with Gasteiger partial charge in [-0.3, -0.25) is 9.59 Å². The number of hydrogen-bond donors (Lipinski definition) is 5. The Kier molecular flexibility index (Phi) is 9.25.